The van der Waals surface area contributed by atoms with Gasteiger partial charge in [-0.2, -0.15) is 12.7 Å². The van der Waals surface area contributed by atoms with Crippen LogP contribution in [0.4, 0.5) is 5.69 Å². The lowest BCUT2D eigenvalue weighted by Crippen LogP contribution is -2.37. The van der Waals surface area contributed by atoms with Crippen LogP contribution in [-0.2, 0) is 16.8 Å². The van der Waals surface area contributed by atoms with Crippen molar-refractivity contribution in [2.45, 2.75) is 25.4 Å². The normalized spacial score (nSPS) is 16.6. The topological polar surface area (TPSA) is 89.4 Å². The number of rotatable bonds is 4. The second-order valence-electron chi connectivity index (χ2n) is 4.07. The Kier molecular flexibility index (Phi) is 2.88. The van der Waals surface area contributed by atoms with Gasteiger partial charge >= 0.3 is 0 Å². The highest BCUT2D eigenvalue weighted by molar-refractivity contribution is 7.86. The fourth-order valence-corrected chi connectivity index (χ4v) is 2.62. The van der Waals surface area contributed by atoms with Crippen LogP contribution < -0.4 is 10.9 Å². The summed E-state index contributed by atoms with van der Waals surface area (Å²) in [6, 6.07) is 7.24. The van der Waals surface area contributed by atoms with Gasteiger partial charge in [0.2, 0.25) is 0 Å². The standard InChI is InChI=1S/C10H15N3O2S/c11-9-3-1-2-8(6-9)7-13(10-4-5-10)16(12,14)15/h1-3,6,10H,4-5,7,11H2,(H2,12,14,15). The molecule has 5 nitrogen and oxygen atoms in total. The van der Waals surface area contributed by atoms with Crippen molar-refractivity contribution >= 4 is 15.9 Å². The Morgan fingerprint density at radius 1 is 1.38 bits per heavy atom. The molecule has 88 valence electrons. The maximum absolute atomic E-state index is 11.4. The quantitative estimate of drug-likeness (QED) is 0.749. The van der Waals surface area contributed by atoms with Crippen molar-refractivity contribution in [2.24, 2.45) is 5.14 Å². The number of hydrogen-bond acceptors (Lipinski definition) is 3. The van der Waals surface area contributed by atoms with Gasteiger partial charge in [0.1, 0.15) is 0 Å². The average molecular weight is 241 g/mol. The SMILES string of the molecule is Nc1cccc(CN(C2CC2)S(N)(=O)=O)c1. The third kappa shape index (κ3) is 2.72. The summed E-state index contributed by atoms with van der Waals surface area (Å²) in [4.78, 5) is 0. The maximum atomic E-state index is 11.4. The molecule has 0 aromatic heterocycles. The summed E-state index contributed by atoms with van der Waals surface area (Å²) in [6.07, 6.45) is 1.78. The van der Waals surface area contributed by atoms with E-state index in [1.165, 1.54) is 4.31 Å². The Morgan fingerprint density at radius 2 is 2.06 bits per heavy atom. The molecule has 0 radical (unpaired) electrons. The number of benzene rings is 1. The van der Waals surface area contributed by atoms with Gasteiger partial charge in [0, 0.05) is 18.3 Å². The minimum Gasteiger partial charge on any atom is -0.399 e. The average Bonchev–Trinajstić information content (AvgIpc) is 2.95. The van der Waals surface area contributed by atoms with E-state index >= 15 is 0 Å². The summed E-state index contributed by atoms with van der Waals surface area (Å²) in [5, 5.41) is 5.17. The Bertz CT molecular complexity index is 483. The summed E-state index contributed by atoms with van der Waals surface area (Å²) >= 11 is 0. The summed E-state index contributed by atoms with van der Waals surface area (Å²) < 4.78 is 24.1. The van der Waals surface area contributed by atoms with Crippen molar-refractivity contribution in [3.05, 3.63) is 29.8 Å². The number of nitrogens with zero attached hydrogens (tertiary/aromatic N) is 1. The van der Waals surface area contributed by atoms with E-state index in [0.717, 1.165) is 18.4 Å². The summed E-state index contributed by atoms with van der Waals surface area (Å²) in [5.74, 6) is 0. The highest BCUT2D eigenvalue weighted by Crippen LogP contribution is 2.29. The summed E-state index contributed by atoms with van der Waals surface area (Å²) in [7, 11) is -3.62. The smallest absolute Gasteiger partial charge is 0.277 e. The zero-order valence-corrected chi connectivity index (χ0v) is 9.65. The van der Waals surface area contributed by atoms with E-state index in [4.69, 9.17) is 10.9 Å². The monoisotopic (exact) mass is 241 g/mol. The van der Waals surface area contributed by atoms with E-state index in [1.807, 2.05) is 6.07 Å². The molecule has 0 spiro atoms. The molecule has 1 aliphatic rings. The van der Waals surface area contributed by atoms with Crippen LogP contribution in [0, 0.1) is 0 Å². The van der Waals surface area contributed by atoms with E-state index in [-0.39, 0.29) is 6.04 Å². The predicted molar refractivity (Wildman–Crippen MR) is 62.5 cm³/mol. The fraction of sp³-hybridized carbons (Fsp3) is 0.400. The maximum Gasteiger partial charge on any atom is 0.277 e. The molecule has 0 bridgehead atoms. The van der Waals surface area contributed by atoms with Crippen LogP contribution in [0.15, 0.2) is 24.3 Å². The van der Waals surface area contributed by atoms with Gasteiger partial charge in [-0.1, -0.05) is 12.1 Å². The van der Waals surface area contributed by atoms with E-state index in [0.29, 0.717) is 12.2 Å². The number of nitrogens with two attached hydrogens (primary N) is 2. The Hall–Kier alpha value is -1.11. The predicted octanol–water partition coefficient (Wildman–Crippen LogP) is 0.437. The molecule has 16 heavy (non-hydrogen) atoms. The van der Waals surface area contributed by atoms with Crippen LogP contribution in [0.3, 0.4) is 0 Å². The van der Waals surface area contributed by atoms with Gasteiger partial charge in [0.05, 0.1) is 0 Å². The first kappa shape index (κ1) is 11.4. The zero-order valence-electron chi connectivity index (χ0n) is 8.83. The van der Waals surface area contributed by atoms with Gasteiger partial charge in [-0.15, -0.1) is 0 Å². The first-order valence-electron chi connectivity index (χ1n) is 5.11. The number of nitrogen functional groups attached to an aromatic ring is 1. The highest BCUT2D eigenvalue weighted by Gasteiger charge is 2.35. The van der Waals surface area contributed by atoms with E-state index in [1.54, 1.807) is 18.2 Å². The minimum absolute atomic E-state index is 0.0661. The molecule has 0 atom stereocenters. The Morgan fingerprint density at radius 3 is 2.56 bits per heavy atom. The molecule has 2 rings (SSSR count). The summed E-state index contributed by atoms with van der Waals surface area (Å²) in [6.45, 7) is 0.300. The Labute approximate surface area is 95.2 Å². The lowest BCUT2D eigenvalue weighted by atomic mass is 10.2. The molecule has 0 aliphatic heterocycles. The van der Waals surface area contributed by atoms with Crippen LogP contribution in [0.2, 0.25) is 0 Å². The van der Waals surface area contributed by atoms with Crippen molar-refractivity contribution in [1.29, 1.82) is 0 Å². The largest absolute Gasteiger partial charge is 0.399 e. The molecule has 6 heteroatoms. The van der Waals surface area contributed by atoms with Crippen molar-refractivity contribution in [3.63, 3.8) is 0 Å². The molecule has 0 amide bonds. The van der Waals surface area contributed by atoms with Crippen LogP contribution in [-0.4, -0.2) is 18.8 Å². The fourth-order valence-electron chi connectivity index (χ4n) is 1.66. The second-order valence-corrected chi connectivity index (χ2v) is 5.57. The van der Waals surface area contributed by atoms with E-state index in [9.17, 15) is 8.42 Å². The molecule has 0 saturated heterocycles. The molecule has 1 aromatic rings. The van der Waals surface area contributed by atoms with Crippen LogP contribution in [0.1, 0.15) is 18.4 Å². The van der Waals surface area contributed by atoms with Gasteiger partial charge in [0.15, 0.2) is 0 Å². The highest BCUT2D eigenvalue weighted by atomic mass is 32.2. The molecule has 4 N–H and O–H groups in total. The van der Waals surface area contributed by atoms with Crippen molar-refractivity contribution in [2.75, 3.05) is 5.73 Å². The van der Waals surface area contributed by atoms with Gasteiger partial charge in [-0.3, -0.25) is 0 Å². The molecule has 0 unspecified atom stereocenters. The van der Waals surface area contributed by atoms with E-state index < -0.39 is 10.2 Å². The number of hydrogen-bond donors (Lipinski definition) is 2. The van der Waals surface area contributed by atoms with Gasteiger partial charge < -0.3 is 5.73 Å². The third-order valence-electron chi connectivity index (χ3n) is 2.57. The van der Waals surface area contributed by atoms with Crippen LogP contribution >= 0.6 is 0 Å². The van der Waals surface area contributed by atoms with Crippen molar-refractivity contribution < 1.29 is 8.42 Å². The lowest BCUT2D eigenvalue weighted by molar-refractivity contribution is 0.399. The van der Waals surface area contributed by atoms with E-state index in [2.05, 4.69) is 0 Å². The number of anilines is 1. The second kappa shape index (κ2) is 4.04. The third-order valence-corrected chi connectivity index (χ3v) is 3.65. The van der Waals surface area contributed by atoms with Gasteiger partial charge in [-0.05, 0) is 30.5 Å². The van der Waals surface area contributed by atoms with Gasteiger partial charge in [0.25, 0.3) is 10.2 Å². The van der Waals surface area contributed by atoms with Gasteiger partial charge in [-0.25, -0.2) is 5.14 Å². The minimum atomic E-state index is -3.62. The molecular weight excluding hydrogens is 226 g/mol. The van der Waals surface area contributed by atoms with Crippen molar-refractivity contribution in [3.8, 4) is 0 Å². The molecule has 1 aliphatic carbocycles. The molecule has 1 fully saturated rings. The lowest BCUT2D eigenvalue weighted by Gasteiger charge is -2.18. The molecule has 1 aromatic carbocycles. The molecule has 0 heterocycles. The molecule has 1 saturated carbocycles. The summed E-state index contributed by atoms with van der Waals surface area (Å²) in [5.41, 5.74) is 7.13. The first-order chi connectivity index (χ1) is 7.47. The molecular formula is C10H15N3O2S. The zero-order chi connectivity index (χ0) is 11.8. The van der Waals surface area contributed by atoms with Crippen molar-refractivity contribution in [1.82, 2.24) is 4.31 Å². The Balaban J connectivity index is 2.18. The first-order valence-corrected chi connectivity index (χ1v) is 6.61. The van der Waals surface area contributed by atoms with Crippen LogP contribution in [0.25, 0.3) is 0 Å². The van der Waals surface area contributed by atoms with Crippen LogP contribution in [0.5, 0.6) is 0 Å².